The van der Waals surface area contributed by atoms with Gasteiger partial charge in [-0.05, 0) is 73.2 Å². The second kappa shape index (κ2) is 10.6. The van der Waals surface area contributed by atoms with Gasteiger partial charge in [-0.3, -0.25) is 4.79 Å². The second-order valence-corrected chi connectivity index (χ2v) is 9.12. The Hall–Kier alpha value is -4.20. The molecule has 36 heavy (non-hydrogen) atoms. The summed E-state index contributed by atoms with van der Waals surface area (Å²) in [6, 6.07) is 22.0. The predicted octanol–water partition coefficient (Wildman–Crippen LogP) is 5.18. The summed E-state index contributed by atoms with van der Waals surface area (Å²) in [6.45, 7) is 0.515. The molecule has 2 atom stereocenters. The Kier molecular flexibility index (Phi) is 6.93. The van der Waals surface area contributed by atoms with E-state index in [2.05, 4.69) is 32.7 Å². The third kappa shape index (κ3) is 5.38. The van der Waals surface area contributed by atoms with Crippen LogP contribution in [0.5, 0.6) is 5.75 Å². The lowest BCUT2D eigenvalue weighted by atomic mass is 9.87. The molecule has 1 aliphatic carbocycles. The number of pyridine rings is 1. The molecule has 4 aromatic rings. The molecule has 0 spiro atoms. The predicted molar refractivity (Wildman–Crippen MR) is 137 cm³/mol. The van der Waals surface area contributed by atoms with E-state index in [1.165, 1.54) is 0 Å². The summed E-state index contributed by atoms with van der Waals surface area (Å²) < 4.78 is 7.86. The van der Waals surface area contributed by atoms with E-state index in [1.807, 2.05) is 61.6 Å². The standard InChI is InChI=1S/C28H29N5O3/c1-33-25(18-30-26-17-21(14-15-29-26)19-6-3-2-4-7-19)27(31-32-33)20-10-12-23(13-11-20)36-24-9-5-8-22(16-24)28(34)35/h2-4,6-7,10-15,17,22,24H,5,8-9,16,18H2,1H3,(H,29,30)(H,34,35). The monoisotopic (exact) mass is 483 g/mol. The zero-order valence-corrected chi connectivity index (χ0v) is 20.2. The van der Waals surface area contributed by atoms with Crippen LogP contribution in [0.2, 0.25) is 0 Å². The second-order valence-electron chi connectivity index (χ2n) is 9.12. The Morgan fingerprint density at radius 1 is 1.06 bits per heavy atom. The number of hydrogen-bond acceptors (Lipinski definition) is 6. The first-order valence-corrected chi connectivity index (χ1v) is 12.2. The molecule has 0 radical (unpaired) electrons. The number of benzene rings is 2. The van der Waals surface area contributed by atoms with Crippen LogP contribution < -0.4 is 10.1 Å². The molecule has 2 unspecified atom stereocenters. The number of hydrogen-bond donors (Lipinski definition) is 2. The maximum atomic E-state index is 11.3. The number of nitrogens with zero attached hydrogens (tertiary/aromatic N) is 4. The van der Waals surface area contributed by atoms with Crippen LogP contribution in [-0.2, 0) is 18.4 Å². The van der Waals surface area contributed by atoms with Crippen LogP contribution in [0.25, 0.3) is 22.4 Å². The minimum atomic E-state index is -0.732. The normalized spacial score (nSPS) is 17.5. The zero-order valence-electron chi connectivity index (χ0n) is 20.2. The highest BCUT2D eigenvalue weighted by Crippen LogP contribution is 2.30. The molecule has 8 nitrogen and oxygen atoms in total. The van der Waals surface area contributed by atoms with Gasteiger partial charge in [-0.2, -0.15) is 0 Å². The molecule has 2 heterocycles. The minimum Gasteiger partial charge on any atom is -0.490 e. The summed E-state index contributed by atoms with van der Waals surface area (Å²) in [5, 5.41) is 21.3. The molecule has 0 bridgehead atoms. The van der Waals surface area contributed by atoms with Gasteiger partial charge in [0.05, 0.1) is 24.3 Å². The quantitative estimate of drug-likeness (QED) is 0.356. The number of carboxylic acids is 1. The fourth-order valence-corrected chi connectivity index (χ4v) is 4.67. The molecule has 0 aliphatic heterocycles. The summed E-state index contributed by atoms with van der Waals surface area (Å²) in [5.41, 5.74) is 4.90. The van der Waals surface area contributed by atoms with E-state index in [9.17, 15) is 9.90 Å². The SMILES string of the molecule is Cn1nnc(-c2ccc(OC3CCCC(C(=O)O)C3)cc2)c1CNc1cc(-c2ccccc2)ccn1. The van der Waals surface area contributed by atoms with Crippen molar-refractivity contribution in [3.8, 4) is 28.1 Å². The van der Waals surface area contributed by atoms with Gasteiger partial charge in [0.1, 0.15) is 17.3 Å². The number of rotatable bonds is 8. The highest BCUT2D eigenvalue weighted by Gasteiger charge is 2.28. The van der Waals surface area contributed by atoms with E-state index in [0.29, 0.717) is 13.0 Å². The number of carboxylic acid groups (broad SMARTS) is 1. The molecule has 8 heteroatoms. The van der Waals surface area contributed by atoms with Gasteiger partial charge in [0.15, 0.2) is 0 Å². The minimum absolute atomic E-state index is 0.0684. The lowest BCUT2D eigenvalue weighted by Gasteiger charge is -2.27. The van der Waals surface area contributed by atoms with Crippen LogP contribution >= 0.6 is 0 Å². The van der Waals surface area contributed by atoms with Crippen molar-refractivity contribution in [3.05, 3.63) is 78.6 Å². The van der Waals surface area contributed by atoms with Crippen LogP contribution in [0.1, 0.15) is 31.4 Å². The Balaban J connectivity index is 1.26. The van der Waals surface area contributed by atoms with Gasteiger partial charge in [-0.15, -0.1) is 5.10 Å². The first-order valence-electron chi connectivity index (χ1n) is 12.2. The fourth-order valence-electron chi connectivity index (χ4n) is 4.67. The number of carbonyl (C=O) groups is 1. The summed E-state index contributed by atoms with van der Waals surface area (Å²) >= 11 is 0. The third-order valence-corrected chi connectivity index (χ3v) is 6.65. The third-order valence-electron chi connectivity index (χ3n) is 6.65. The average molecular weight is 484 g/mol. The Bertz CT molecular complexity index is 1320. The summed E-state index contributed by atoms with van der Waals surface area (Å²) in [7, 11) is 1.88. The molecular formula is C28H29N5O3. The van der Waals surface area contributed by atoms with Crippen molar-refractivity contribution in [1.29, 1.82) is 0 Å². The Labute approximate surface area is 210 Å². The van der Waals surface area contributed by atoms with E-state index >= 15 is 0 Å². The summed E-state index contributed by atoms with van der Waals surface area (Å²) in [4.78, 5) is 15.8. The van der Waals surface area contributed by atoms with Gasteiger partial charge in [-0.1, -0.05) is 35.5 Å². The lowest BCUT2D eigenvalue weighted by Crippen LogP contribution is -2.29. The highest BCUT2D eigenvalue weighted by molar-refractivity contribution is 5.70. The van der Waals surface area contributed by atoms with Gasteiger partial charge in [0.2, 0.25) is 0 Å². The Morgan fingerprint density at radius 3 is 2.64 bits per heavy atom. The molecule has 1 saturated carbocycles. The smallest absolute Gasteiger partial charge is 0.306 e. The van der Waals surface area contributed by atoms with Crippen molar-refractivity contribution in [3.63, 3.8) is 0 Å². The number of aryl methyl sites for hydroxylation is 1. The van der Waals surface area contributed by atoms with Gasteiger partial charge < -0.3 is 15.2 Å². The number of aliphatic carboxylic acids is 1. The van der Waals surface area contributed by atoms with E-state index in [1.54, 1.807) is 10.9 Å². The molecular weight excluding hydrogens is 454 g/mol. The molecule has 5 rings (SSSR count). The van der Waals surface area contributed by atoms with Gasteiger partial charge in [-0.25, -0.2) is 9.67 Å². The summed E-state index contributed by atoms with van der Waals surface area (Å²) in [6.07, 6.45) is 4.77. The molecule has 2 aromatic heterocycles. The highest BCUT2D eigenvalue weighted by atomic mass is 16.5. The van der Waals surface area contributed by atoms with E-state index in [0.717, 1.165) is 58.9 Å². The fraction of sp³-hybridized carbons (Fsp3) is 0.286. The van der Waals surface area contributed by atoms with E-state index in [-0.39, 0.29) is 12.0 Å². The van der Waals surface area contributed by atoms with Gasteiger partial charge >= 0.3 is 5.97 Å². The number of ether oxygens (including phenoxy) is 1. The molecule has 2 N–H and O–H groups in total. The number of anilines is 1. The van der Waals surface area contributed by atoms with Crippen LogP contribution in [0.3, 0.4) is 0 Å². The molecule has 0 amide bonds. The first-order chi connectivity index (χ1) is 17.6. The maximum Gasteiger partial charge on any atom is 0.306 e. The van der Waals surface area contributed by atoms with Crippen molar-refractivity contribution in [1.82, 2.24) is 20.0 Å². The largest absolute Gasteiger partial charge is 0.490 e. The van der Waals surface area contributed by atoms with Crippen molar-refractivity contribution >= 4 is 11.8 Å². The van der Waals surface area contributed by atoms with Crippen LogP contribution in [-0.4, -0.2) is 37.2 Å². The lowest BCUT2D eigenvalue weighted by molar-refractivity contribution is -0.143. The van der Waals surface area contributed by atoms with Crippen molar-refractivity contribution in [2.45, 2.75) is 38.3 Å². The van der Waals surface area contributed by atoms with Gasteiger partial charge in [0, 0.05) is 18.8 Å². The maximum absolute atomic E-state index is 11.3. The zero-order chi connectivity index (χ0) is 24.9. The van der Waals surface area contributed by atoms with E-state index < -0.39 is 5.97 Å². The van der Waals surface area contributed by atoms with Crippen molar-refractivity contribution in [2.75, 3.05) is 5.32 Å². The molecule has 2 aromatic carbocycles. The van der Waals surface area contributed by atoms with Crippen molar-refractivity contribution < 1.29 is 14.6 Å². The van der Waals surface area contributed by atoms with E-state index in [4.69, 9.17) is 4.74 Å². The van der Waals surface area contributed by atoms with Crippen LogP contribution in [0.4, 0.5) is 5.82 Å². The molecule has 184 valence electrons. The first kappa shape index (κ1) is 23.5. The number of nitrogens with one attached hydrogen (secondary N) is 1. The van der Waals surface area contributed by atoms with Crippen LogP contribution in [0, 0.1) is 5.92 Å². The molecule has 1 fully saturated rings. The Morgan fingerprint density at radius 2 is 1.86 bits per heavy atom. The average Bonchev–Trinajstić information content (AvgIpc) is 3.29. The molecule has 1 aliphatic rings. The van der Waals surface area contributed by atoms with Gasteiger partial charge in [0.25, 0.3) is 0 Å². The topological polar surface area (TPSA) is 102 Å². The molecule has 0 saturated heterocycles. The van der Waals surface area contributed by atoms with Crippen molar-refractivity contribution in [2.24, 2.45) is 13.0 Å². The number of aromatic nitrogens is 4. The summed E-state index contributed by atoms with van der Waals surface area (Å²) in [5.74, 6) is 0.463. The van der Waals surface area contributed by atoms with Crippen LogP contribution in [0.15, 0.2) is 72.9 Å².